The topological polar surface area (TPSA) is 66.0 Å². The Labute approximate surface area is 75.2 Å². The lowest BCUT2D eigenvalue weighted by atomic mass is 10.3. The van der Waals surface area contributed by atoms with Gasteiger partial charge in [0.1, 0.15) is 0 Å². The first-order valence-electron chi connectivity index (χ1n) is 3.78. The van der Waals surface area contributed by atoms with Gasteiger partial charge in [0, 0.05) is 12.3 Å². The molecule has 68 valence electrons. The number of nitrogens with one attached hydrogen (secondary N) is 1. The Bertz CT molecular complexity index is 361. The Balaban J connectivity index is 0.000000184. The molecule has 2 rings (SSSR count). The summed E-state index contributed by atoms with van der Waals surface area (Å²) in [5.74, 6) is -0.833. The first kappa shape index (κ1) is 9.25. The minimum atomic E-state index is -0.833. The van der Waals surface area contributed by atoms with Crippen molar-refractivity contribution in [2.75, 3.05) is 0 Å². The van der Waals surface area contributed by atoms with Gasteiger partial charge in [-0.05, 0) is 6.07 Å². The molecule has 0 spiro atoms. The fraction of sp³-hybridized carbons (Fsp3) is 0.111. The number of benzene rings is 1. The van der Waals surface area contributed by atoms with Crippen molar-refractivity contribution < 1.29 is 9.90 Å². The second-order valence-electron chi connectivity index (χ2n) is 2.48. The Morgan fingerprint density at radius 2 is 2.08 bits per heavy atom. The highest BCUT2D eigenvalue weighted by molar-refractivity contribution is 5.77. The van der Waals surface area contributed by atoms with Crippen molar-refractivity contribution in [3.63, 3.8) is 0 Å². The predicted molar refractivity (Wildman–Crippen MR) is 49.4 cm³/mol. The Hall–Kier alpha value is -1.84. The van der Waals surface area contributed by atoms with Gasteiger partial charge in [-0.15, -0.1) is 0 Å². The number of H-pyrrole nitrogens is 1. The van der Waals surface area contributed by atoms with Crippen LogP contribution in [-0.2, 0) is 4.79 Å². The highest BCUT2D eigenvalue weighted by atomic mass is 16.4. The van der Waals surface area contributed by atoms with E-state index in [-0.39, 0.29) is 0 Å². The quantitative estimate of drug-likeness (QED) is 0.644. The molecule has 0 saturated carbocycles. The molecule has 0 aliphatic rings. The highest BCUT2D eigenvalue weighted by Gasteiger charge is 1.88. The molecule has 0 saturated heterocycles. The second-order valence-corrected chi connectivity index (χ2v) is 2.48. The van der Waals surface area contributed by atoms with Gasteiger partial charge in [-0.2, -0.15) is 5.10 Å². The molecule has 4 heteroatoms. The van der Waals surface area contributed by atoms with Crippen LogP contribution in [0.15, 0.2) is 30.5 Å². The summed E-state index contributed by atoms with van der Waals surface area (Å²) in [6.45, 7) is 1.08. The highest BCUT2D eigenvalue weighted by Crippen LogP contribution is 2.06. The summed E-state index contributed by atoms with van der Waals surface area (Å²) in [6.07, 6.45) is 1.81. The van der Waals surface area contributed by atoms with E-state index in [0.717, 1.165) is 17.8 Å². The molecule has 0 fully saturated rings. The third-order valence-corrected chi connectivity index (χ3v) is 1.35. The van der Waals surface area contributed by atoms with Gasteiger partial charge >= 0.3 is 0 Å². The number of nitrogens with zero attached hydrogens (tertiary/aromatic N) is 1. The Morgan fingerprint density at radius 1 is 1.46 bits per heavy atom. The second kappa shape index (κ2) is 4.25. The largest absolute Gasteiger partial charge is 0.481 e. The average molecular weight is 178 g/mol. The smallest absolute Gasteiger partial charge is 0.300 e. The molecule has 0 aliphatic heterocycles. The minimum absolute atomic E-state index is 0.833. The fourth-order valence-electron chi connectivity index (χ4n) is 0.883. The molecular formula is C9H10N2O2. The van der Waals surface area contributed by atoms with Crippen LogP contribution in [0.25, 0.3) is 10.9 Å². The van der Waals surface area contributed by atoms with Crippen molar-refractivity contribution in [1.29, 1.82) is 0 Å². The van der Waals surface area contributed by atoms with Crippen molar-refractivity contribution in [3.05, 3.63) is 30.5 Å². The van der Waals surface area contributed by atoms with Crippen LogP contribution in [0.3, 0.4) is 0 Å². The third-order valence-electron chi connectivity index (χ3n) is 1.35. The molecule has 0 atom stereocenters. The van der Waals surface area contributed by atoms with Crippen LogP contribution in [0, 0.1) is 0 Å². The summed E-state index contributed by atoms with van der Waals surface area (Å²) in [4.78, 5) is 9.00. The standard InChI is InChI=1S/C7H6N2.C2H4O2/c1-2-4-7-6(3-1)5-8-9-7;1-2(3)4/h1-5H,(H,8,9);1H3,(H,3,4). The number of hydrogen-bond donors (Lipinski definition) is 2. The van der Waals surface area contributed by atoms with E-state index in [4.69, 9.17) is 9.90 Å². The zero-order valence-corrected chi connectivity index (χ0v) is 7.19. The molecule has 1 heterocycles. The molecule has 2 aromatic rings. The number of aromatic nitrogens is 2. The maximum Gasteiger partial charge on any atom is 0.300 e. The summed E-state index contributed by atoms with van der Waals surface area (Å²) in [5, 5.41) is 15.3. The summed E-state index contributed by atoms with van der Waals surface area (Å²) < 4.78 is 0. The first-order chi connectivity index (χ1) is 6.20. The Morgan fingerprint density at radius 3 is 2.69 bits per heavy atom. The van der Waals surface area contributed by atoms with Crippen molar-refractivity contribution in [2.24, 2.45) is 0 Å². The van der Waals surface area contributed by atoms with Gasteiger partial charge in [0.25, 0.3) is 5.97 Å². The summed E-state index contributed by atoms with van der Waals surface area (Å²) in [7, 11) is 0. The molecule has 0 radical (unpaired) electrons. The zero-order valence-electron chi connectivity index (χ0n) is 7.19. The fourth-order valence-corrected chi connectivity index (χ4v) is 0.883. The number of fused-ring (bicyclic) bond motifs is 1. The lowest BCUT2D eigenvalue weighted by Crippen LogP contribution is -1.78. The minimum Gasteiger partial charge on any atom is -0.481 e. The summed E-state index contributed by atoms with van der Waals surface area (Å²) >= 11 is 0. The van der Waals surface area contributed by atoms with E-state index in [0.29, 0.717) is 0 Å². The van der Waals surface area contributed by atoms with E-state index in [9.17, 15) is 0 Å². The SMILES string of the molecule is CC(=O)O.c1ccc2[nH]ncc2c1. The zero-order chi connectivity index (χ0) is 9.68. The molecule has 0 amide bonds. The number of carboxylic acid groups (broad SMARTS) is 1. The molecular weight excluding hydrogens is 168 g/mol. The molecule has 1 aromatic heterocycles. The molecule has 2 N–H and O–H groups in total. The molecule has 4 nitrogen and oxygen atoms in total. The van der Waals surface area contributed by atoms with Crippen molar-refractivity contribution in [2.45, 2.75) is 6.92 Å². The van der Waals surface area contributed by atoms with Gasteiger partial charge in [0.2, 0.25) is 0 Å². The number of aromatic amines is 1. The van der Waals surface area contributed by atoms with E-state index in [1.165, 1.54) is 0 Å². The van der Waals surface area contributed by atoms with Crippen LogP contribution in [0.5, 0.6) is 0 Å². The number of hydrogen-bond acceptors (Lipinski definition) is 2. The van der Waals surface area contributed by atoms with E-state index >= 15 is 0 Å². The van der Waals surface area contributed by atoms with Gasteiger partial charge < -0.3 is 5.11 Å². The maximum atomic E-state index is 9.00. The maximum absolute atomic E-state index is 9.00. The Kier molecular flexibility index (Phi) is 3.03. The van der Waals surface area contributed by atoms with Crippen LogP contribution in [-0.4, -0.2) is 21.3 Å². The van der Waals surface area contributed by atoms with Gasteiger partial charge in [0.15, 0.2) is 0 Å². The van der Waals surface area contributed by atoms with Gasteiger partial charge in [0.05, 0.1) is 11.7 Å². The van der Waals surface area contributed by atoms with E-state index < -0.39 is 5.97 Å². The lowest BCUT2D eigenvalue weighted by Gasteiger charge is -1.81. The van der Waals surface area contributed by atoms with Gasteiger partial charge in [-0.3, -0.25) is 9.89 Å². The first-order valence-corrected chi connectivity index (χ1v) is 3.78. The molecule has 0 aliphatic carbocycles. The number of rotatable bonds is 0. The molecule has 0 unspecified atom stereocenters. The van der Waals surface area contributed by atoms with Crippen LogP contribution in [0.2, 0.25) is 0 Å². The predicted octanol–water partition coefficient (Wildman–Crippen LogP) is 1.65. The van der Waals surface area contributed by atoms with Crippen LogP contribution >= 0.6 is 0 Å². The molecule has 13 heavy (non-hydrogen) atoms. The third kappa shape index (κ3) is 2.94. The van der Waals surface area contributed by atoms with Gasteiger partial charge in [-0.25, -0.2) is 0 Å². The summed E-state index contributed by atoms with van der Waals surface area (Å²) in [6, 6.07) is 8.01. The number of carbonyl (C=O) groups is 1. The lowest BCUT2D eigenvalue weighted by molar-refractivity contribution is -0.134. The van der Waals surface area contributed by atoms with Crippen LogP contribution in [0.1, 0.15) is 6.92 Å². The molecule has 1 aromatic carbocycles. The van der Waals surface area contributed by atoms with Crippen molar-refractivity contribution >= 4 is 16.9 Å². The number of aliphatic carboxylic acids is 1. The van der Waals surface area contributed by atoms with Crippen LogP contribution in [0.4, 0.5) is 0 Å². The van der Waals surface area contributed by atoms with E-state index in [2.05, 4.69) is 10.2 Å². The number of para-hydroxylation sites is 1. The van der Waals surface area contributed by atoms with E-state index in [1.807, 2.05) is 30.5 Å². The van der Waals surface area contributed by atoms with E-state index in [1.54, 1.807) is 0 Å². The van der Waals surface area contributed by atoms with Crippen molar-refractivity contribution in [3.8, 4) is 0 Å². The van der Waals surface area contributed by atoms with Gasteiger partial charge in [-0.1, -0.05) is 18.2 Å². The van der Waals surface area contributed by atoms with Crippen LogP contribution < -0.4 is 0 Å². The monoisotopic (exact) mass is 178 g/mol. The van der Waals surface area contributed by atoms with Crippen molar-refractivity contribution in [1.82, 2.24) is 10.2 Å². The number of carboxylic acids is 1. The normalized spacial score (nSPS) is 9.00. The molecule has 0 bridgehead atoms. The average Bonchev–Trinajstić information content (AvgIpc) is 2.49. The summed E-state index contributed by atoms with van der Waals surface area (Å²) in [5.41, 5.74) is 1.09.